The zero-order valence-corrected chi connectivity index (χ0v) is 14.1. The number of nitrogens with one attached hydrogen (secondary N) is 1. The van der Waals surface area contributed by atoms with Gasteiger partial charge in [-0.1, -0.05) is 32.9 Å². The Morgan fingerprint density at radius 1 is 1.18 bits per heavy atom. The average Bonchev–Trinajstić information content (AvgIpc) is 2.91. The van der Waals surface area contributed by atoms with Crippen molar-refractivity contribution < 1.29 is 0 Å². The van der Waals surface area contributed by atoms with Crippen molar-refractivity contribution in [1.29, 1.82) is 0 Å². The molecular formula is C19H29N3. The van der Waals surface area contributed by atoms with E-state index in [1.165, 1.54) is 25.7 Å². The summed E-state index contributed by atoms with van der Waals surface area (Å²) in [5.74, 6) is 2.97. The van der Waals surface area contributed by atoms with Gasteiger partial charge in [-0.2, -0.15) is 0 Å². The van der Waals surface area contributed by atoms with Crippen molar-refractivity contribution in [2.45, 2.75) is 52.4 Å². The molecule has 1 aliphatic carbocycles. The van der Waals surface area contributed by atoms with Crippen LogP contribution in [0.25, 0.3) is 11.0 Å². The molecule has 0 bridgehead atoms. The van der Waals surface area contributed by atoms with Crippen molar-refractivity contribution in [2.75, 3.05) is 6.54 Å². The van der Waals surface area contributed by atoms with Crippen LogP contribution in [0.3, 0.4) is 0 Å². The quantitative estimate of drug-likeness (QED) is 0.879. The van der Waals surface area contributed by atoms with Gasteiger partial charge >= 0.3 is 0 Å². The van der Waals surface area contributed by atoms with Gasteiger partial charge in [0.2, 0.25) is 0 Å². The molecule has 3 N–H and O–H groups in total. The molecule has 0 radical (unpaired) electrons. The summed E-state index contributed by atoms with van der Waals surface area (Å²) in [6.45, 7) is 7.80. The predicted molar refractivity (Wildman–Crippen MR) is 92.8 cm³/mol. The standard InChI is InChI=1S/C19H29N3/c1-19(2,3)14-10-8-13(9-11-14)15(12-20)18-21-16-6-4-5-7-17(16)22-18/h4-7,13-15H,8-12,20H2,1-3H3,(H,21,22). The Hall–Kier alpha value is -1.35. The number of rotatable bonds is 3. The summed E-state index contributed by atoms with van der Waals surface area (Å²) >= 11 is 0. The average molecular weight is 299 g/mol. The fraction of sp³-hybridized carbons (Fsp3) is 0.632. The van der Waals surface area contributed by atoms with E-state index in [9.17, 15) is 0 Å². The highest BCUT2D eigenvalue weighted by atomic mass is 14.9. The number of fused-ring (bicyclic) bond motifs is 1. The smallest absolute Gasteiger partial charge is 0.111 e. The van der Waals surface area contributed by atoms with E-state index < -0.39 is 0 Å². The third kappa shape index (κ3) is 3.05. The fourth-order valence-electron chi connectivity index (χ4n) is 4.06. The molecule has 0 saturated heterocycles. The van der Waals surface area contributed by atoms with E-state index >= 15 is 0 Å². The van der Waals surface area contributed by atoms with Gasteiger partial charge in [-0.3, -0.25) is 0 Å². The summed E-state index contributed by atoms with van der Waals surface area (Å²) in [6.07, 6.45) is 5.21. The van der Waals surface area contributed by atoms with E-state index in [4.69, 9.17) is 10.7 Å². The Morgan fingerprint density at radius 2 is 1.86 bits per heavy atom. The van der Waals surface area contributed by atoms with E-state index in [-0.39, 0.29) is 0 Å². The monoisotopic (exact) mass is 299 g/mol. The lowest BCUT2D eigenvalue weighted by Crippen LogP contribution is -2.30. The Balaban J connectivity index is 1.75. The summed E-state index contributed by atoms with van der Waals surface area (Å²) in [5.41, 5.74) is 8.73. The molecule has 0 spiro atoms. The number of hydrogen-bond donors (Lipinski definition) is 2. The minimum absolute atomic E-state index is 0.369. The molecule has 0 aliphatic heterocycles. The highest BCUT2D eigenvalue weighted by Crippen LogP contribution is 2.43. The van der Waals surface area contributed by atoms with Crippen LogP contribution in [0.5, 0.6) is 0 Å². The van der Waals surface area contributed by atoms with Crippen molar-refractivity contribution >= 4 is 11.0 Å². The molecule has 3 rings (SSSR count). The molecule has 1 aromatic carbocycles. The van der Waals surface area contributed by atoms with Gasteiger partial charge in [-0.05, 0) is 55.1 Å². The molecular weight excluding hydrogens is 270 g/mol. The summed E-state index contributed by atoms with van der Waals surface area (Å²) in [4.78, 5) is 8.29. The van der Waals surface area contributed by atoms with E-state index in [0.717, 1.165) is 22.8 Å². The first-order chi connectivity index (χ1) is 10.5. The number of benzene rings is 1. The van der Waals surface area contributed by atoms with Gasteiger partial charge in [-0.15, -0.1) is 0 Å². The lowest BCUT2D eigenvalue weighted by Gasteiger charge is -2.38. The number of aromatic amines is 1. The Morgan fingerprint density at radius 3 is 2.45 bits per heavy atom. The molecule has 0 amide bonds. The molecule has 1 saturated carbocycles. The second-order valence-corrected chi connectivity index (χ2v) is 7.96. The third-order valence-electron chi connectivity index (χ3n) is 5.58. The third-order valence-corrected chi connectivity index (χ3v) is 5.58. The minimum atomic E-state index is 0.369. The lowest BCUT2D eigenvalue weighted by molar-refractivity contribution is 0.139. The van der Waals surface area contributed by atoms with Crippen LogP contribution in [-0.4, -0.2) is 16.5 Å². The minimum Gasteiger partial charge on any atom is -0.342 e. The zero-order chi connectivity index (χ0) is 15.7. The van der Waals surface area contributed by atoms with Crippen LogP contribution in [0.1, 0.15) is 58.2 Å². The largest absolute Gasteiger partial charge is 0.342 e. The van der Waals surface area contributed by atoms with Crippen LogP contribution >= 0.6 is 0 Å². The van der Waals surface area contributed by atoms with E-state index in [2.05, 4.69) is 44.0 Å². The first kappa shape index (κ1) is 15.5. The molecule has 1 heterocycles. The zero-order valence-electron chi connectivity index (χ0n) is 14.1. The molecule has 2 aromatic rings. The molecule has 1 unspecified atom stereocenters. The molecule has 3 heteroatoms. The van der Waals surface area contributed by atoms with Crippen LogP contribution in [-0.2, 0) is 0 Å². The molecule has 1 aliphatic rings. The van der Waals surface area contributed by atoms with E-state index in [1.54, 1.807) is 0 Å². The number of H-pyrrole nitrogens is 1. The highest BCUT2D eigenvalue weighted by Gasteiger charge is 2.33. The SMILES string of the molecule is CC(C)(C)C1CCC(C(CN)c2nc3ccccc3[nH]2)CC1. The topological polar surface area (TPSA) is 54.7 Å². The van der Waals surface area contributed by atoms with Crippen molar-refractivity contribution in [3.63, 3.8) is 0 Å². The Bertz CT molecular complexity index is 582. The number of nitrogens with two attached hydrogens (primary N) is 1. The number of para-hydroxylation sites is 2. The summed E-state index contributed by atoms with van der Waals surface area (Å²) in [5, 5.41) is 0. The first-order valence-electron chi connectivity index (χ1n) is 8.63. The van der Waals surface area contributed by atoms with E-state index in [0.29, 0.717) is 23.8 Å². The van der Waals surface area contributed by atoms with Gasteiger partial charge in [0.05, 0.1) is 11.0 Å². The van der Waals surface area contributed by atoms with Crippen LogP contribution in [0.15, 0.2) is 24.3 Å². The lowest BCUT2D eigenvalue weighted by atomic mass is 9.67. The molecule has 1 atom stereocenters. The second-order valence-electron chi connectivity index (χ2n) is 7.96. The molecule has 1 fully saturated rings. The van der Waals surface area contributed by atoms with E-state index in [1.807, 2.05) is 6.07 Å². The summed E-state index contributed by atoms with van der Waals surface area (Å²) in [6, 6.07) is 8.25. The van der Waals surface area contributed by atoms with Crippen LogP contribution in [0, 0.1) is 17.3 Å². The van der Waals surface area contributed by atoms with Crippen molar-refractivity contribution in [1.82, 2.24) is 9.97 Å². The normalized spacial score (nSPS) is 24.5. The summed E-state index contributed by atoms with van der Waals surface area (Å²) in [7, 11) is 0. The van der Waals surface area contributed by atoms with Crippen LogP contribution in [0.2, 0.25) is 0 Å². The predicted octanol–water partition coefficient (Wildman–Crippen LogP) is 4.46. The number of aromatic nitrogens is 2. The molecule has 1 aromatic heterocycles. The fourth-order valence-corrected chi connectivity index (χ4v) is 4.06. The number of nitrogens with zero attached hydrogens (tertiary/aromatic N) is 1. The molecule has 120 valence electrons. The summed E-state index contributed by atoms with van der Waals surface area (Å²) < 4.78 is 0. The molecule has 3 nitrogen and oxygen atoms in total. The van der Waals surface area contributed by atoms with Gasteiger partial charge in [0, 0.05) is 12.5 Å². The van der Waals surface area contributed by atoms with Gasteiger partial charge in [0.25, 0.3) is 0 Å². The number of imidazole rings is 1. The van der Waals surface area contributed by atoms with Crippen LogP contribution in [0.4, 0.5) is 0 Å². The van der Waals surface area contributed by atoms with Crippen molar-refractivity contribution in [2.24, 2.45) is 23.0 Å². The van der Waals surface area contributed by atoms with Crippen molar-refractivity contribution in [3.8, 4) is 0 Å². The van der Waals surface area contributed by atoms with Gasteiger partial charge in [0.1, 0.15) is 5.82 Å². The first-order valence-corrected chi connectivity index (χ1v) is 8.63. The number of hydrogen-bond acceptors (Lipinski definition) is 2. The Kier molecular flexibility index (Phi) is 4.26. The highest BCUT2D eigenvalue weighted by molar-refractivity contribution is 5.74. The maximum absolute atomic E-state index is 6.12. The maximum Gasteiger partial charge on any atom is 0.111 e. The van der Waals surface area contributed by atoms with Crippen molar-refractivity contribution in [3.05, 3.63) is 30.1 Å². The van der Waals surface area contributed by atoms with Gasteiger partial charge < -0.3 is 10.7 Å². The van der Waals surface area contributed by atoms with Gasteiger partial charge in [0.15, 0.2) is 0 Å². The Labute approximate surface area is 133 Å². The van der Waals surface area contributed by atoms with Gasteiger partial charge in [-0.25, -0.2) is 4.98 Å². The maximum atomic E-state index is 6.12. The van der Waals surface area contributed by atoms with Crippen LogP contribution < -0.4 is 5.73 Å². The molecule has 22 heavy (non-hydrogen) atoms. The second kappa shape index (κ2) is 6.04.